The van der Waals surface area contributed by atoms with Crippen LogP contribution in [-0.2, 0) is 10.3 Å². The quantitative estimate of drug-likeness (QED) is 0.795. The molecular formula is C12H12ClNO. The summed E-state index contributed by atoms with van der Waals surface area (Å²) in [6.07, 6.45) is 1.08. The molecule has 1 aliphatic rings. The summed E-state index contributed by atoms with van der Waals surface area (Å²) in [7, 11) is 0. The van der Waals surface area contributed by atoms with Gasteiger partial charge in [-0.2, -0.15) is 0 Å². The van der Waals surface area contributed by atoms with E-state index in [1.807, 2.05) is 0 Å². The second-order valence-corrected chi connectivity index (χ2v) is 3.84. The third-order valence-electron chi connectivity index (χ3n) is 2.46. The average Bonchev–Trinajstić information content (AvgIpc) is 2.26. The Labute approximate surface area is 96.5 Å². The summed E-state index contributed by atoms with van der Waals surface area (Å²) in [5.74, 6) is -0.457. The first-order valence-corrected chi connectivity index (χ1v) is 5.02. The molecule has 0 aromatic heterocycles. The van der Waals surface area contributed by atoms with E-state index in [1.54, 1.807) is 24.3 Å². The smallest absolute Gasteiger partial charge is 0.179 e. The van der Waals surface area contributed by atoms with Gasteiger partial charge in [-0.3, -0.25) is 4.79 Å². The van der Waals surface area contributed by atoms with Gasteiger partial charge >= 0.3 is 0 Å². The minimum absolute atomic E-state index is 0.0977. The number of carbonyl (C=O) groups excluding carboxylic acids is 1. The Balaban J connectivity index is 2.65. The van der Waals surface area contributed by atoms with E-state index in [0.717, 1.165) is 0 Å². The Kier molecular flexibility index (Phi) is 2.05. The molecule has 0 heterocycles. The number of halogens is 1. The Hall–Kier alpha value is -1.12. The minimum Gasteiger partial charge on any atom is -0.315 e. The van der Waals surface area contributed by atoms with Gasteiger partial charge in [-0.1, -0.05) is 35.9 Å². The predicted molar refractivity (Wildman–Crippen MR) is 60.7 cm³/mol. The summed E-state index contributed by atoms with van der Waals surface area (Å²) in [6.45, 7) is 0. The van der Waals surface area contributed by atoms with Crippen molar-refractivity contribution in [3.8, 4) is 0 Å². The lowest BCUT2D eigenvalue weighted by atomic mass is 9.79. The number of hydrogen-bond acceptors (Lipinski definition) is 2. The van der Waals surface area contributed by atoms with Gasteiger partial charge in [0.15, 0.2) is 5.78 Å². The molecule has 78 valence electrons. The second-order valence-electron chi connectivity index (χ2n) is 3.44. The van der Waals surface area contributed by atoms with E-state index >= 15 is 0 Å². The monoisotopic (exact) mass is 223 g/mol. The average molecular weight is 224 g/mol. The van der Waals surface area contributed by atoms with Crippen molar-refractivity contribution in [3.05, 3.63) is 47.0 Å². The molecule has 0 fully saturated rings. The van der Waals surface area contributed by atoms with Crippen LogP contribution in [0.3, 0.4) is 0 Å². The number of carbonyl (C=O) groups is 1. The van der Waals surface area contributed by atoms with E-state index in [4.69, 9.17) is 20.1 Å². The highest BCUT2D eigenvalue weighted by molar-refractivity contribution is 6.31. The van der Waals surface area contributed by atoms with E-state index in [-0.39, 0.29) is 6.42 Å². The molecule has 0 saturated heterocycles. The Morgan fingerprint density at radius 3 is 2.87 bits per heavy atom. The van der Waals surface area contributed by atoms with Gasteiger partial charge in [-0.15, -0.1) is 0 Å². The molecule has 0 spiro atoms. The molecule has 2 rings (SSSR count). The topological polar surface area (TPSA) is 43.1 Å². The number of benzene rings is 1. The molecule has 2 N–H and O–H groups in total. The van der Waals surface area contributed by atoms with Crippen molar-refractivity contribution in [1.29, 1.82) is 0 Å². The largest absolute Gasteiger partial charge is 0.315 e. The molecule has 15 heavy (non-hydrogen) atoms. The number of hydrogen-bond donors (Lipinski definition) is 1. The summed E-state index contributed by atoms with van der Waals surface area (Å²) in [5, 5.41) is 0.308. The van der Waals surface area contributed by atoms with Crippen LogP contribution in [0.25, 0.3) is 0 Å². The van der Waals surface area contributed by atoms with Crippen LogP contribution in [0.15, 0.2) is 36.4 Å². The van der Waals surface area contributed by atoms with Crippen LogP contribution in [0.1, 0.15) is 21.1 Å². The van der Waals surface area contributed by atoms with Crippen LogP contribution in [0.5, 0.6) is 0 Å². The maximum Gasteiger partial charge on any atom is 0.179 e. The summed E-state index contributed by atoms with van der Waals surface area (Å²) in [5.41, 5.74) is 4.67. The fraction of sp³-hybridized carbons (Fsp3) is 0.250. The molecular weight excluding hydrogens is 210 g/mol. The first-order valence-electron chi connectivity index (χ1n) is 5.64. The van der Waals surface area contributed by atoms with Crippen LogP contribution in [-0.4, -0.2) is 5.78 Å². The SMILES string of the molecule is [2H]C1([2H])CC=CC(=O)C1(N)c1ccccc1Cl. The van der Waals surface area contributed by atoms with Gasteiger partial charge in [0.1, 0.15) is 5.54 Å². The van der Waals surface area contributed by atoms with E-state index in [2.05, 4.69) is 0 Å². The number of rotatable bonds is 1. The maximum atomic E-state index is 12.0. The summed E-state index contributed by atoms with van der Waals surface area (Å²) >= 11 is 6.02. The molecule has 0 radical (unpaired) electrons. The van der Waals surface area contributed by atoms with Gasteiger partial charge in [0.05, 0.1) is 0 Å². The van der Waals surface area contributed by atoms with Gasteiger partial charge in [0.2, 0.25) is 0 Å². The number of nitrogens with two attached hydrogens (primary N) is 1. The lowest BCUT2D eigenvalue weighted by molar-refractivity contribution is -0.120. The van der Waals surface area contributed by atoms with Crippen LogP contribution in [0.2, 0.25) is 5.02 Å². The zero-order valence-corrected chi connectivity index (χ0v) is 8.79. The molecule has 1 aliphatic carbocycles. The molecule has 0 saturated carbocycles. The highest BCUT2D eigenvalue weighted by atomic mass is 35.5. The van der Waals surface area contributed by atoms with Crippen molar-refractivity contribution in [1.82, 2.24) is 0 Å². The van der Waals surface area contributed by atoms with Crippen molar-refractivity contribution in [2.24, 2.45) is 5.73 Å². The lowest BCUT2D eigenvalue weighted by Crippen LogP contribution is -2.45. The highest BCUT2D eigenvalue weighted by Crippen LogP contribution is 2.33. The third-order valence-corrected chi connectivity index (χ3v) is 2.78. The van der Waals surface area contributed by atoms with Crippen molar-refractivity contribution < 1.29 is 7.54 Å². The van der Waals surface area contributed by atoms with Crippen molar-refractivity contribution in [2.75, 3.05) is 0 Å². The van der Waals surface area contributed by atoms with Crippen molar-refractivity contribution in [3.63, 3.8) is 0 Å². The normalized spacial score (nSPS) is 30.9. The zero-order chi connectivity index (χ0) is 12.7. The lowest BCUT2D eigenvalue weighted by Gasteiger charge is -2.30. The molecule has 0 amide bonds. The fourth-order valence-corrected chi connectivity index (χ4v) is 1.90. The molecule has 3 heteroatoms. The van der Waals surface area contributed by atoms with Crippen LogP contribution >= 0.6 is 11.6 Å². The number of allylic oxidation sites excluding steroid dienone is 1. The molecule has 1 aromatic rings. The number of ketones is 1. The summed E-state index contributed by atoms with van der Waals surface area (Å²) in [6, 6.07) is 6.61. The van der Waals surface area contributed by atoms with E-state index in [9.17, 15) is 4.79 Å². The molecule has 1 aromatic carbocycles. The molecule has 1 atom stereocenters. The molecule has 2 nitrogen and oxygen atoms in total. The fourth-order valence-electron chi connectivity index (χ4n) is 1.61. The summed E-state index contributed by atoms with van der Waals surface area (Å²) < 4.78 is 15.9. The third kappa shape index (κ3) is 1.71. The van der Waals surface area contributed by atoms with Gasteiger partial charge in [-0.25, -0.2) is 0 Å². The molecule has 0 aliphatic heterocycles. The standard InChI is InChI=1S/C12H12ClNO/c13-10-6-2-1-5-9(10)12(14)8-4-3-7-11(12)15/h1-3,5-7H,4,8,14H2/i8D2. The molecule has 0 bridgehead atoms. The second kappa shape index (κ2) is 3.80. The molecule has 1 unspecified atom stereocenters. The van der Waals surface area contributed by atoms with Crippen LogP contribution < -0.4 is 5.73 Å². The van der Waals surface area contributed by atoms with E-state index in [0.29, 0.717) is 10.6 Å². The van der Waals surface area contributed by atoms with Gasteiger partial charge < -0.3 is 5.73 Å². The minimum atomic E-state index is -1.84. The first-order chi connectivity index (χ1) is 7.89. The Morgan fingerprint density at radius 2 is 2.20 bits per heavy atom. The predicted octanol–water partition coefficient (Wildman–Crippen LogP) is 2.41. The first kappa shape index (κ1) is 8.08. The van der Waals surface area contributed by atoms with E-state index < -0.39 is 17.7 Å². The van der Waals surface area contributed by atoms with Crippen molar-refractivity contribution >= 4 is 17.4 Å². The van der Waals surface area contributed by atoms with Crippen LogP contribution in [0.4, 0.5) is 0 Å². The Morgan fingerprint density at radius 1 is 1.47 bits per heavy atom. The maximum absolute atomic E-state index is 12.0. The highest BCUT2D eigenvalue weighted by Gasteiger charge is 2.36. The zero-order valence-electron chi connectivity index (χ0n) is 10.0. The summed E-state index contributed by atoms with van der Waals surface area (Å²) in [4.78, 5) is 12.0. The van der Waals surface area contributed by atoms with Gasteiger partial charge in [-0.05, 0) is 30.5 Å². The van der Waals surface area contributed by atoms with Gasteiger partial charge in [0, 0.05) is 7.76 Å². The van der Waals surface area contributed by atoms with Crippen molar-refractivity contribution in [2.45, 2.75) is 18.3 Å². The van der Waals surface area contributed by atoms with Crippen LogP contribution in [0, 0.1) is 0 Å². The van der Waals surface area contributed by atoms with Gasteiger partial charge in [0.25, 0.3) is 0 Å². The van der Waals surface area contributed by atoms with E-state index in [1.165, 1.54) is 12.2 Å². The Bertz CT molecular complexity index is 501.